The molecular weight excluding hydrogens is 198 g/mol. The second-order valence-corrected chi connectivity index (χ2v) is 3.88. The van der Waals surface area contributed by atoms with E-state index in [1.807, 2.05) is 0 Å². The Bertz CT molecular complexity index is 161. The average Bonchev–Trinajstić information content (AvgIpc) is 2.05. The van der Waals surface area contributed by atoms with Crippen LogP contribution in [0.5, 0.6) is 0 Å². The van der Waals surface area contributed by atoms with Crippen LogP contribution in [-0.4, -0.2) is 41.7 Å². The third-order valence-electron chi connectivity index (χ3n) is 1.44. The molecule has 0 amide bonds. The third kappa shape index (κ3) is 10.5. The van der Waals surface area contributed by atoms with Crippen molar-refractivity contribution in [1.82, 2.24) is 0 Å². The Labute approximate surface area is 103 Å². The molecule has 0 fully saturated rings. The van der Waals surface area contributed by atoms with Crippen LogP contribution in [-0.2, 0) is 13.9 Å². The molecule has 0 aromatic heterocycles. The topological polar surface area (TPSA) is 43.4 Å². The van der Waals surface area contributed by atoms with Crippen LogP contribution in [0.1, 0.15) is 39.5 Å². The summed E-state index contributed by atoms with van der Waals surface area (Å²) in [6.45, 7) is 3.77. The molecule has 5 heteroatoms. The number of rotatable bonds is 6. The fourth-order valence-electron chi connectivity index (χ4n) is 0.715. The minimum atomic E-state index is -1.74. The second kappa shape index (κ2) is 10.6. The van der Waals surface area contributed by atoms with Crippen LogP contribution in [0.25, 0.3) is 0 Å². The quantitative estimate of drug-likeness (QED) is 0.387. The predicted molar refractivity (Wildman–Crippen MR) is 54.1 cm³/mol. The fourth-order valence-corrected chi connectivity index (χ4v) is 1.64. The van der Waals surface area contributed by atoms with E-state index >= 15 is 0 Å². The molecule has 0 aliphatic heterocycles. The molecule has 0 aromatic carbocycles. The monoisotopic (exact) mass is 214 g/mol. The summed E-state index contributed by atoms with van der Waals surface area (Å²) in [6, 6.07) is 0. The molecule has 0 rings (SSSR count). The van der Waals surface area contributed by atoms with E-state index in [1.165, 1.54) is 0 Å². The first-order valence-corrected chi connectivity index (χ1v) is 5.72. The molecule has 71 valence electrons. The summed E-state index contributed by atoms with van der Waals surface area (Å²) in [7, 11) is -1.74. The van der Waals surface area contributed by atoms with Gasteiger partial charge in [-0.15, -0.1) is 0 Å². The minimum Gasteiger partial charge on any atom is -0.247 e. The van der Waals surface area contributed by atoms with E-state index in [1.54, 1.807) is 6.92 Å². The fraction of sp³-hybridized carbons (Fsp3) is 0.875. The average molecular weight is 214 g/mol. The number of hydrogen-bond acceptors (Lipinski definition) is 3. The molecule has 0 saturated carbocycles. The summed E-state index contributed by atoms with van der Waals surface area (Å²) in [5.41, 5.74) is 0. The van der Waals surface area contributed by atoms with E-state index in [9.17, 15) is 9.36 Å². The van der Waals surface area contributed by atoms with E-state index in [0.717, 1.165) is 19.3 Å². The minimum absolute atomic E-state index is 0. The number of carbonyl (C=O) groups excluding carboxylic acids is 1. The first-order valence-electron chi connectivity index (χ1n) is 4.36. The molecule has 0 N–H and O–H groups in total. The van der Waals surface area contributed by atoms with Gasteiger partial charge in [0.25, 0.3) is 0 Å². The first-order chi connectivity index (χ1) is 5.70. The Morgan fingerprint density at radius 3 is 2.38 bits per heavy atom. The Morgan fingerprint density at radius 2 is 1.92 bits per heavy atom. The van der Waals surface area contributed by atoms with E-state index < -0.39 is 8.03 Å². The summed E-state index contributed by atoms with van der Waals surface area (Å²) >= 11 is 0. The molecule has 0 spiro atoms. The standard InChI is InChI=1S/C8H16O3P.Na/c1-3-5-6-7-12(10)11-8(9)4-2;/h3-7H2,1-2H3;/q+1;. The molecule has 0 saturated heterocycles. The number of hydrogen-bond donors (Lipinski definition) is 0. The summed E-state index contributed by atoms with van der Waals surface area (Å²) in [4.78, 5) is 10.6. The van der Waals surface area contributed by atoms with E-state index in [-0.39, 0.29) is 35.5 Å². The van der Waals surface area contributed by atoms with Crippen molar-refractivity contribution in [2.24, 2.45) is 0 Å². The van der Waals surface area contributed by atoms with Crippen molar-refractivity contribution in [3.05, 3.63) is 0 Å². The Morgan fingerprint density at radius 1 is 1.31 bits per heavy atom. The van der Waals surface area contributed by atoms with Crippen LogP contribution in [0.15, 0.2) is 0 Å². The smallest absolute Gasteiger partial charge is 0.247 e. The molecule has 0 aliphatic rings. The molecule has 0 aliphatic carbocycles. The summed E-state index contributed by atoms with van der Waals surface area (Å²) in [5, 5.41) is 0. The Hall–Kier alpha value is 0.570. The third-order valence-corrected chi connectivity index (χ3v) is 2.53. The zero-order chi connectivity index (χ0) is 9.40. The molecule has 0 bridgehead atoms. The van der Waals surface area contributed by atoms with Crippen LogP contribution in [0, 0.1) is 0 Å². The van der Waals surface area contributed by atoms with Crippen LogP contribution in [0.3, 0.4) is 0 Å². The van der Waals surface area contributed by atoms with Gasteiger partial charge in [-0.3, -0.25) is 0 Å². The zero-order valence-electron chi connectivity index (χ0n) is 8.71. The van der Waals surface area contributed by atoms with Gasteiger partial charge in [-0.05, 0) is 17.4 Å². The van der Waals surface area contributed by atoms with Gasteiger partial charge in [0.15, 0.2) is 6.16 Å². The van der Waals surface area contributed by atoms with Crippen molar-refractivity contribution in [1.29, 1.82) is 0 Å². The van der Waals surface area contributed by atoms with E-state index in [0.29, 0.717) is 12.6 Å². The largest absolute Gasteiger partial charge is 0.558 e. The maximum absolute atomic E-state index is 11.0. The number of unbranched alkanes of at least 4 members (excludes halogenated alkanes) is 2. The SMILES string of the molecule is CCCCC[P+](=O)OC(=O)CC.[Na]. The maximum atomic E-state index is 11.0. The number of carbonyl (C=O) groups is 1. The summed E-state index contributed by atoms with van der Waals surface area (Å²) < 4.78 is 15.6. The van der Waals surface area contributed by atoms with Gasteiger partial charge in [0.2, 0.25) is 0 Å². The van der Waals surface area contributed by atoms with Gasteiger partial charge >= 0.3 is 14.0 Å². The van der Waals surface area contributed by atoms with Crippen molar-refractivity contribution >= 4 is 43.6 Å². The zero-order valence-corrected chi connectivity index (χ0v) is 11.6. The Balaban J connectivity index is 0. The van der Waals surface area contributed by atoms with Crippen molar-refractivity contribution in [2.75, 3.05) is 6.16 Å². The molecule has 0 heterocycles. The maximum Gasteiger partial charge on any atom is 0.558 e. The molecule has 1 unspecified atom stereocenters. The van der Waals surface area contributed by atoms with E-state index in [2.05, 4.69) is 11.4 Å². The van der Waals surface area contributed by atoms with Crippen molar-refractivity contribution < 1.29 is 13.9 Å². The molecule has 0 aromatic rings. The summed E-state index contributed by atoms with van der Waals surface area (Å²) in [6.07, 6.45) is 3.82. The summed E-state index contributed by atoms with van der Waals surface area (Å²) in [5.74, 6) is -0.368. The van der Waals surface area contributed by atoms with Gasteiger partial charge in [0.05, 0.1) is 0 Å². The van der Waals surface area contributed by atoms with Crippen molar-refractivity contribution in [2.45, 2.75) is 39.5 Å². The van der Waals surface area contributed by atoms with Crippen molar-refractivity contribution in [3.8, 4) is 0 Å². The first kappa shape index (κ1) is 16.0. The second-order valence-electron chi connectivity index (χ2n) is 2.58. The predicted octanol–water partition coefficient (Wildman–Crippen LogP) is 2.49. The Kier molecular flexibility index (Phi) is 13.1. The van der Waals surface area contributed by atoms with Gasteiger partial charge in [-0.25, -0.2) is 9.32 Å². The van der Waals surface area contributed by atoms with Gasteiger partial charge in [0, 0.05) is 36.0 Å². The van der Waals surface area contributed by atoms with Crippen LogP contribution in [0.2, 0.25) is 0 Å². The molecular formula is C8H16NaO3P+. The van der Waals surface area contributed by atoms with Crippen LogP contribution < -0.4 is 0 Å². The van der Waals surface area contributed by atoms with Crippen LogP contribution >= 0.6 is 8.03 Å². The normalized spacial score (nSPS) is 10.2. The van der Waals surface area contributed by atoms with E-state index in [4.69, 9.17) is 0 Å². The van der Waals surface area contributed by atoms with Gasteiger partial charge in [0.1, 0.15) is 0 Å². The van der Waals surface area contributed by atoms with Gasteiger partial charge < -0.3 is 0 Å². The molecule has 1 atom stereocenters. The van der Waals surface area contributed by atoms with Gasteiger partial charge in [-0.1, -0.05) is 20.3 Å². The molecule has 13 heavy (non-hydrogen) atoms. The van der Waals surface area contributed by atoms with Gasteiger partial charge in [-0.2, -0.15) is 0 Å². The molecule has 1 radical (unpaired) electrons. The van der Waals surface area contributed by atoms with Crippen molar-refractivity contribution in [3.63, 3.8) is 0 Å². The molecule has 3 nitrogen and oxygen atoms in total. The van der Waals surface area contributed by atoms with Crippen LogP contribution in [0.4, 0.5) is 0 Å².